The Morgan fingerprint density at radius 3 is 2.43 bits per heavy atom. The molecule has 0 heterocycles. The normalized spacial score (nSPS) is 11.8. The second-order valence-corrected chi connectivity index (χ2v) is 7.20. The lowest BCUT2D eigenvalue weighted by atomic mass is 10.2. The highest BCUT2D eigenvalue weighted by Gasteiger charge is 2.21. The van der Waals surface area contributed by atoms with Crippen LogP contribution in [0.4, 0.5) is 5.69 Å². The highest BCUT2D eigenvalue weighted by atomic mass is 35.5. The number of sulfonamides is 1. The molecule has 6 heteroatoms. The average molecular weight is 325 g/mol. The van der Waals surface area contributed by atoms with E-state index in [-0.39, 0.29) is 10.6 Å². The van der Waals surface area contributed by atoms with Crippen molar-refractivity contribution in [2.24, 2.45) is 0 Å². The van der Waals surface area contributed by atoms with Crippen molar-refractivity contribution in [1.82, 2.24) is 4.31 Å². The third-order valence-electron chi connectivity index (χ3n) is 3.23. The zero-order valence-electron chi connectivity index (χ0n) is 11.7. The summed E-state index contributed by atoms with van der Waals surface area (Å²) in [5, 5.41) is 0.348. The molecule has 2 N–H and O–H groups in total. The van der Waals surface area contributed by atoms with Crippen LogP contribution in [-0.2, 0) is 16.4 Å². The van der Waals surface area contributed by atoms with Gasteiger partial charge in [0.15, 0.2) is 0 Å². The number of rotatable bonds is 5. The van der Waals surface area contributed by atoms with Gasteiger partial charge in [-0.15, -0.1) is 0 Å². The van der Waals surface area contributed by atoms with Gasteiger partial charge in [-0.3, -0.25) is 0 Å². The maximum absolute atomic E-state index is 12.4. The van der Waals surface area contributed by atoms with Gasteiger partial charge in [0, 0.05) is 13.6 Å². The van der Waals surface area contributed by atoms with Crippen LogP contribution in [0.25, 0.3) is 0 Å². The van der Waals surface area contributed by atoms with Crippen molar-refractivity contribution in [2.45, 2.75) is 11.3 Å². The fourth-order valence-electron chi connectivity index (χ4n) is 1.91. The molecule has 0 fully saturated rings. The van der Waals surface area contributed by atoms with Crippen molar-refractivity contribution in [3.63, 3.8) is 0 Å². The summed E-state index contributed by atoms with van der Waals surface area (Å²) in [6.07, 6.45) is 0.652. The standard InChI is InChI=1S/C15H17ClN2O2S/c1-18(10-9-12-5-3-2-4-6-12)21(19,20)13-7-8-14(16)15(17)11-13/h2-8,11H,9-10,17H2,1H3. The summed E-state index contributed by atoms with van der Waals surface area (Å²) < 4.78 is 26.2. The Morgan fingerprint density at radius 1 is 1.14 bits per heavy atom. The number of hydrogen-bond donors (Lipinski definition) is 1. The highest BCUT2D eigenvalue weighted by Crippen LogP contribution is 2.24. The fraction of sp³-hybridized carbons (Fsp3) is 0.200. The van der Waals surface area contributed by atoms with Crippen LogP contribution in [0.5, 0.6) is 0 Å². The van der Waals surface area contributed by atoms with Crippen molar-refractivity contribution >= 4 is 27.3 Å². The van der Waals surface area contributed by atoms with Crippen LogP contribution < -0.4 is 5.73 Å². The van der Waals surface area contributed by atoms with E-state index in [1.807, 2.05) is 30.3 Å². The van der Waals surface area contributed by atoms with Gasteiger partial charge in [-0.25, -0.2) is 12.7 Å². The van der Waals surface area contributed by atoms with Gasteiger partial charge in [-0.1, -0.05) is 41.9 Å². The lowest BCUT2D eigenvalue weighted by Crippen LogP contribution is -2.29. The van der Waals surface area contributed by atoms with E-state index in [1.165, 1.54) is 22.5 Å². The minimum absolute atomic E-state index is 0.153. The first-order valence-electron chi connectivity index (χ1n) is 6.46. The quantitative estimate of drug-likeness (QED) is 0.860. The summed E-state index contributed by atoms with van der Waals surface area (Å²) in [7, 11) is -2.00. The number of halogens is 1. The van der Waals surface area contributed by atoms with E-state index in [0.29, 0.717) is 18.0 Å². The molecular formula is C15H17ClN2O2S. The van der Waals surface area contributed by atoms with E-state index >= 15 is 0 Å². The van der Waals surface area contributed by atoms with E-state index < -0.39 is 10.0 Å². The maximum Gasteiger partial charge on any atom is 0.242 e. The predicted molar refractivity (Wildman–Crippen MR) is 85.8 cm³/mol. The predicted octanol–water partition coefficient (Wildman–Crippen LogP) is 2.79. The zero-order chi connectivity index (χ0) is 15.5. The first-order valence-corrected chi connectivity index (χ1v) is 8.28. The van der Waals surface area contributed by atoms with E-state index in [1.54, 1.807) is 7.05 Å². The minimum atomic E-state index is -3.55. The molecule has 2 aromatic carbocycles. The van der Waals surface area contributed by atoms with Crippen molar-refractivity contribution in [3.05, 3.63) is 59.1 Å². The van der Waals surface area contributed by atoms with Crippen LogP contribution in [0, 0.1) is 0 Å². The summed E-state index contributed by atoms with van der Waals surface area (Å²) >= 11 is 5.82. The number of benzene rings is 2. The Labute approximate surface area is 130 Å². The summed E-state index contributed by atoms with van der Waals surface area (Å²) in [6.45, 7) is 0.398. The van der Waals surface area contributed by atoms with Gasteiger partial charge in [-0.2, -0.15) is 0 Å². The summed E-state index contributed by atoms with van der Waals surface area (Å²) in [5.41, 5.74) is 7.02. The van der Waals surface area contributed by atoms with E-state index in [2.05, 4.69) is 0 Å². The molecule has 0 aliphatic rings. The molecule has 21 heavy (non-hydrogen) atoms. The van der Waals surface area contributed by atoms with Crippen LogP contribution in [0.1, 0.15) is 5.56 Å². The summed E-state index contributed by atoms with van der Waals surface area (Å²) in [4.78, 5) is 0.153. The minimum Gasteiger partial charge on any atom is -0.397 e. The zero-order valence-corrected chi connectivity index (χ0v) is 13.2. The van der Waals surface area contributed by atoms with E-state index in [9.17, 15) is 8.42 Å². The molecule has 2 aromatic rings. The number of hydrogen-bond acceptors (Lipinski definition) is 3. The molecule has 0 amide bonds. The number of likely N-dealkylation sites (N-methyl/N-ethyl adjacent to an activating group) is 1. The van der Waals surface area contributed by atoms with Gasteiger partial charge >= 0.3 is 0 Å². The summed E-state index contributed by atoms with van der Waals surface area (Å²) in [6, 6.07) is 14.1. The molecule has 0 aromatic heterocycles. The lowest BCUT2D eigenvalue weighted by Gasteiger charge is -2.17. The van der Waals surface area contributed by atoms with Crippen LogP contribution in [0.15, 0.2) is 53.4 Å². The smallest absolute Gasteiger partial charge is 0.242 e. The van der Waals surface area contributed by atoms with Crippen molar-refractivity contribution in [3.8, 4) is 0 Å². The first-order chi connectivity index (χ1) is 9.91. The first kappa shape index (κ1) is 15.8. The number of nitrogens with two attached hydrogens (primary N) is 1. The Bertz CT molecular complexity index is 718. The topological polar surface area (TPSA) is 63.4 Å². The Hall–Kier alpha value is -1.56. The second kappa shape index (κ2) is 6.47. The van der Waals surface area contributed by atoms with Crippen molar-refractivity contribution in [1.29, 1.82) is 0 Å². The third-order valence-corrected chi connectivity index (χ3v) is 5.43. The molecule has 4 nitrogen and oxygen atoms in total. The van der Waals surface area contributed by atoms with Crippen molar-refractivity contribution < 1.29 is 8.42 Å². The van der Waals surface area contributed by atoms with E-state index in [0.717, 1.165) is 5.56 Å². The fourth-order valence-corrected chi connectivity index (χ4v) is 3.24. The molecule has 0 spiro atoms. The second-order valence-electron chi connectivity index (χ2n) is 4.75. The molecular weight excluding hydrogens is 308 g/mol. The van der Waals surface area contributed by atoms with Crippen LogP contribution in [0.2, 0.25) is 5.02 Å². The molecule has 0 radical (unpaired) electrons. The molecule has 112 valence electrons. The van der Waals surface area contributed by atoms with E-state index in [4.69, 9.17) is 17.3 Å². The maximum atomic E-state index is 12.4. The molecule has 0 aliphatic heterocycles. The molecule has 0 atom stereocenters. The van der Waals surface area contributed by atoms with Crippen LogP contribution >= 0.6 is 11.6 Å². The molecule has 0 unspecified atom stereocenters. The lowest BCUT2D eigenvalue weighted by molar-refractivity contribution is 0.472. The number of nitrogens with zero attached hydrogens (tertiary/aromatic N) is 1. The van der Waals surface area contributed by atoms with Gasteiger partial charge in [0.1, 0.15) is 0 Å². The van der Waals surface area contributed by atoms with Gasteiger partial charge in [0.2, 0.25) is 10.0 Å². The van der Waals surface area contributed by atoms with Gasteiger partial charge in [-0.05, 0) is 30.2 Å². The Kier molecular flexibility index (Phi) is 4.88. The van der Waals surface area contributed by atoms with Crippen LogP contribution in [-0.4, -0.2) is 26.3 Å². The largest absolute Gasteiger partial charge is 0.397 e. The van der Waals surface area contributed by atoms with Gasteiger partial charge in [0.05, 0.1) is 15.6 Å². The molecule has 0 saturated carbocycles. The summed E-state index contributed by atoms with van der Waals surface area (Å²) in [5.74, 6) is 0. The highest BCUT2D eigenvalue weighted by molar-refractivity contribution is 7.89. The third kappa shape index (κ3) is 3.75. The van der Waals surface area contributed by atoms with Crippen LogP contribution in [0.3, 0.4) is 0 Å². The SMILES string of the molecule is CN(CCc1ccccc1)S(=O)(=O)c1ccc(Cl)c(N)c1. The van der Waals surface area contributed by atoms with Crippen molar-refractivity contribution in [2.75, 3.05) is 19.3 Å². The Morgan fingerprint density at radius 2 is 1.81 bits per heavy atom. The number of anilines is 1. The van der Waals surface area contributed by atoms with Gasteiger partial charge < -0.3 is 5.73 Å². The average Bonchev–Trinajstić information content (AvgIpc) is 2.48. The van der Waals surface area contributed by atoms with Gasteiger partial charge in [0.25, 0.3) is 0 Å². The molecule has 0 bridgehead atoms. The Balaban J connectivity index is 2.13. The number of nitrogen functional groups attached to an aromatic ring is 1. The molecule has 0 saturated heterocycles. The molecule has 2 rings (SSSR count). The molecule has 0 aliphatic carbocycles. The monoisotopic (exact) mass is 324 g/mol.